The summed E-state index contributed by atoms with van der Waals surface area (Å²) in [5.41, 5.74) is 0.672. The molecule has 2 aromatic rings. The molecule has 0 spiro atoms. The first-order valence-electron chi connectivity index (χ1n) is 6.19. The summed E-state index contributed by atoms with van der Waals surface area (Å²) in [5, 5.41) is 7.18. The topological polar surface area (TPSA) is 58.2 Å². The van der Waals surface area contributed by atoms with Gasteiger partial charge in [0, 0.05) is 15.4 Å². The van der Waals surface area contributed by atoms with Crippen molar-refractivity contribution >= 4 is 50.8 Å². The van der Waals surface area contributed by atoms with Gasteiger partial charge in [0.15, 0.2) is 0 Å². The van der Waals surface area contributed by atoms with Gasteiger partial charge in [0.2, 0.25) is 11.8 Å². The molecule has 0 saturated carbocycles. The number of amides is 2. The summed E-state index contributed by atoms with van der Waals surface area (Å²) in [6, 6.07) is 11.1. The second kappa shape index (κ2) is 7.75. The summed E-state index contributed by atoms with van der Waals surface area (Å²) in [6.45, 7) is -0.0745. The molecule has 0 atom stereocenters. The lowest BCUT2D eigenvalue weighted by molar-refractivity contribution is -0.121. The van der Waals surface area contributed by atoms with Crippen molar-refractivity contribution in [3.05, 3.63) is 57.2 Å². The molecule has 4 nitrogen and oxygen atoms in total. The Morgan fingerprint density at radius 1 is 1.19 bits per heavy atom. The van der Waals surface area contributed by atoms with E-state index in [1.165, 1.54) is 6.08 Å². The molecule has 1 heterocycles. The molecular formula is C15H13BrN2O2S. The molecule has 2 N–H and O–H groups in total. The molecule has 0 aliphatic rings. The zero-order valence-electron chi connectivity index (χ0n) is 11.0. The zero-order chi connectivity index (χ0) is 15.1. The number of benzene rings is 1. The predicted molar refractivity (Wildman–Crippen MR) is 89.1 cm³/mol. The number of rotatable bonds is 5. The minimum absolute atomic E-state index is 0.0745. The van der Waals surface area contributed by atoms with Crippen LogP contribution in [0.25, 0.3) is 6.08 Å². The first-order chi connectivity index (χ1) is 10.1. The van der Waals surface area contributed by atoms with Gasteiger partial charge in [0.1, 0.15) is 0 Å². The maximum atomic E-state index is 11.7. The summed E-state index contributed by atoms with van der Waals surface area (Å²) in [5.74, 6) is -0.578. The van der Waals surface area contributed by atoms with Crippen LogP contribution in [0.4, 0.5) is 5.69 Å². The number of carbonyl (C=O) groups is 2. The minimum Gasteiger partial charge on any atom is -0.343 e. The highest BCUT2D eigenvalue weighted by molar-refractivity contribution is 9.10. The fourth-order valence-corrected chi connectivity index (χ4v) is 2.53. The van der Waals surface area contributed by atoms with Crippen LogP contribution in [0.15, 0.2) is 52.3 Å². The Hall–Kier alpha value is -1.92. The highest BCUT2D eigenvalue weighted by Crippen LogP contribution is 2.20. The number of hydrogen-bond donors (Lipinski definition) is 2. The lowest BCUT2D eigenvalue weighted by Gasteiger charge is -2.07. The Morgan fingerprint density at radius 2 is 2.00 bits per heavy atom. The zero-order valence-corrected chi connectivity index (χ0v) is 13.4. The first-order valence-corrected chi connectivity index (χ1v) is 7.86. The number of para-hydroxylation sites is 1. The van der Waals surface area contributed by atoms with Gasteiger partial charge in [0.05, 0.1) is 12.2 Å². The van der Waals surface area contributed by atoms with E-state index in [4.69, 9.17) is 0 Å². The molecule has 0 aliphatic carbocycles. The van der Waals surface area contributed by atoms with Gasteiger partial charge in [-0.2, -0.15) is 0 Å². The van der Waals surface area contributed by atoms with E-state index in [0.29, 0.717) is 5.69 Å². The van der Waals surface area contributed by atoms with Crippen molar-refractivity contribution in [2.24, 2.45) is 0 Å². The Labute approximate surface area is 135 Å². The second-order valence-electron chi connectivity index (χ2n) is 4.09. The fourth-order valence-electron chi connectivity index (χ4n) is 1.53. The SMILES string of the molecule is O=C(/C=C/c1cccs1)NCC(=O)Nc1ccccc1Br. The average molecular weight is 365 g/mol. The van der Waals surface area contributed by atoms with Crippen LogP contribution >= 0.6 is 27.3 Å². The van der Waals surface area contributed by atoms with E-state index in [2.05, 4.69) is 26.6 Å². The fraction of sp³-hybridized carbons (Fsp3) is 0.0667. The predicted octanol–water partition coefficient (Wildman–Crippen LogP) is 3.28. The van der Waals surface area contributed by atoms with Gasteiger partial charge in [-0.05, 0) is 45.6 Å². The molecule has 2 rings (SSSR count). The number of thiophene rings is 1. The van der Waals surface area contributed by atoms with Crippen molar-refractivity contribution in [1.29, 1.82) is 0 Å². The van der Waals surface area contributed by atoms with Gasteiger partial charge < -0.3 is 10.6 Å². The van der Waals surface area contributed by atoms with Crippen molar-refractivity contribution in [3.63, 3.8) is 0 Å². The van der Waals surface area contributed by atoms with Crippen molar-refractivity contribution in [1.82, 2.24) is 5.32 Å². The summed E-state index contributed by atoms with van der Waals surface area (Å²) >= 11 is 4.88. The first kappa shape index (κ1) is 15.5. The van der Waals surface area contributed by atoms with Gasteiger partial charge >= 0.3 is 0 Å². The van der Waals surface area contributed by atoms with E-state index >= 15 is 0 Å². The lowest BCUT2D eigenvalue weighted by atomic mass is 10.3. The van der Waals surface area contributed by atoms with Crippen molar-refractivity contribution in [3.8, 4) is 0 Å². The minimum atomic E-state index is -0.300. The van der Waals surface area contributed by atoms with E-state index < -0.39 is 0 Å². The van der Waals surface area contributed by atoms with E-state index in [9.17, 15) is 9.59 Å². The largest absolute Gasteiger partial charge is 0.343 e. The van der Waals surface area contributed by atoms with Crippen molar-refractivity contribution < 1.29 is 9.59 Å². The quantitative estimate of drug-likeness (QED) is 0.799. The van der Waals surface area contributed by atoms with Gasteiger partial charge in [-0.25, -0.2) is 0 Å². The summed E-state index contributed by atoms with van der Waals surface area (Å²) in [4.78, 5) is 24.3. The van der Waals surface area contributed by atoms with E-state index in [0.717, 1.165) is 9.35 Å². The molecule has 2 amide bonds. The van der Waals surface area contributed by atoms with Gasteiger partial charge in [-0.15, -0.1) is 11.3 Å². The lowest BCUT2D eigenvalue weighted by Crippen LogP contribution is -2.31. The Bertz CT molecular complexity index is 653. The van der Waals surface area contributed by atoms with Crippen LogP contribution < -0.4 is 10.6 Å². The van der Waals surface area contributed by atoms with Crippen LogP contribution in [-0.4, -0.2) is 18.4 Å². The van der Waals surface area contributed by atoms with Crippen LogP contribution in [-0.2, 0) is 9.59 Å². The molecule has 108 valence electrons. The number of nitrogens with one attached hydrogen (secondary N) is 2. The number of anilines is 1. The Kier molecular flexibility index (Phi) is 5.71. The number of halogens is 1. The highest BCUT2D eigenvalue weighted by atomic mass is 79.9. The van der Waals surface area contributed by atoms with Gasteiger partial charge in [0.25, 0.3) is 0 Å². The number of carbonyl (C=O) groups excluding carboxylic acids is 2. The van der Waals surface area contributed by atoms with E-state index in [1.54, 1.807) is 23.5 Å². The van der Waals surface area contributed by atoms with Crippen LogP contribution in [0, 0.1) is 0 Å². The third kappa shape index (κ3) is 5.17. The smallest absolute Gasteiger partial charge is 0.244 e. The normalized spacial score (nSPS) is 10.5. The second-order valence-corrected chi connectivity index (χ2v) is 5.93. The van der Waals surface area contributed by atoms with E-state index in [-0.39, 0.29) is 18.4 Å². The molecule has 1 aromatic heterocycles. The molecule has 0 fully saturated rings. The third-order valence-corrected chi connectivity index (χ3v) is 4.04. The monoisotopic (exact) mass is 364 g/mol. The van der Waals surface area contributed by atoms with Crippen LogP contribution in [0.1, 0.15) is 4.88 Å². The molecular weight excluding hydrogens is 352 g/mol. The third-order valence-electron chi connectivity index (χ3n) is 2.51. The average Bonchev–Trinajstić information content (AvgIpc) is 2.99. The maximum absolute atomic E-state index is 11.7. The molecule has 0 saturated heterocycles. The molecule has 0 radical (unpaired) electrons. The molecule has 0 bridgehead atoms. The van der Waals surface area contributed by atoms with Crippen LogP contribution in [0.3, 0.4) is 0 Å². The van der Waals surface area contributed by atoms with Crippen LogP contribution in [0.2, 0.25) is 0 Å². The summed E-state index contributed by atoms with van der Waals surface area (Å²) < 4.78 is 0.794. The Morgan fingerprint density at radius 3 is 2.71 bits per heavy atom. The molecule has 0 unspecified atom stereocenters. The molecule has 1 aromatic carbocycles. The van der Waals surface area contributed by atoms with Crippen LogP contribution in [0.5, 0.6) is 0 Å². The summed E-state index contributed by atoms with van der Waals surface area (Å²) in [7, 11) is 0. The molecule has 6 heteroatoms. The van der Waals surface area contributed by atoms with Gasteiger partial charge in [-0.1, -0.05) is 18.2 Å². The van der Waals surface area contributed by atoms with Crippen molar-refractivity contribution in [2.45, 2.75) is 0 Å². The highest BCUT2D eigenvalue weighted by Gasteiger charge is 2.05. The standard InChI is InChI=1S/C15H13BrN2O2S/c16-12-5-1-2-6-13(12)18-15(20)10-17-14(19)8-7-11-4-3-9-21-11/h1-9H,10H2,(H,17,19)(H,18,20)/b8-7+. The number of hydrogen-bond acceptors (Lipinski definition) is 3. The van der Waals surface area contributed by atoms with Crippen molar-refractivity contribution in [2.75, 3.05) is 11.9 Å². The maximum Gasteiger partial charge on any atom is 0.244 e. The molecule has 21 heavy (non-hydrogen) atoms. The van der Waals surface area contributed by atoms with E-state index in [1.807, 2.05) is 35.7 Å². The Balaban J connectivity index is 1.79. The molecule has 0 aliphatic heterocycles. The van der Waals surface area contributed by atoms with Gasteiger partial charge in [-0.3, -0.25) is 9.59 Å². The summed E-state index contributed by atoms with van der Waals surface area (Å²) in [6.07, 6.45) is 3.13.